The number of rotatable bonds is 8. The summed E-state index contributed by atoms with van der Waals surface area (Å²) in [5, 5.41) is 0.661. The van der Waals surface area contributed by atoms with Crippen molar-refractivity contribution in [3.05, 3.63) is 113 Å². The van der Waals surface area contributed by atoms with Gasteiger partial charge in [0.1, 0.15) is 12.4 Å². The van der Waals surface area contributed by atoms with Gasteiger partial charge in [-0.3, -0.25) is 9.62 Å². The Hall–Kier alpha value is -3.03. The van der Waals surface area contributed by atoms with Crippen LogP contribution in [-0.2, 0) is 29.5 Å². The molecule has 6 rings (SSSR count). The molecule has 4 aromatic rings. The minimum atomic E-state index is -3.84. The molecule has 2 aliphatic rings. The van der Waals surface area contributed by atoms with Crippen LogP contribution in [0.4, 0.5) is 5.69 Å². The van der Waals surface area contributed by atoms with Gasteiger partial charge in [-0.05, 0) is 89.9 Å². The van der Waals surface area contributed by atoms with Gasteiger partial charge in [0.2, 0.25) is 0 Å². The van der Waals surface area contributed by atoms with Gasteiger partial charge in [-0.25, -0.2) is 8.42 Å². The summed E-state index contributed by atoms with van der Waals surface area (Å²) >= 11 is 6.01. The highest BCUT2D eigenvalue weighted by molar-refractivity contribution is 7.92. The van der Waals surface area contributed by atoms with E-state index < -0.39 is 10.0 Å². The van der Waals surface area contributed by atoms with E-state index in [4.69, 9.17) is 16.3 Å². The average Bonchev–Trinajstić information content (AvgIpc) is 3.14. The van der Waals surface area contributed by atoms with Crippen molar-refractivity contribution in [1.29, 1.82) is 0 Å². The number of hydrogen-bond donors (Lipinski definition) is 1. The van der Waals surface area contributed by atoms with Gasteiger partial charge >= 0.3 is 0 Å². The standard InChI is InChI=1S/C33H33ClN2O3S.ClH/c34-29-13-9-25(10-14-29)26-11-15-31(16-12-26)40(37,38)35-32-21-27-17-19-36(30-7-4-8-30)20-18-28(27)22-33(32)39-23-24-5-2-1-3-6-24;/h1-3,5-6,9-16,21-22,30,35H,4,7-8,17-20,23H2;1H. The fraction of sp³-hybridized carbons (Fsp3) is 0.273. The highest BCUT2D eigenvalue weighted by atomic mass is 35.5. The first-order valence-electron chi connectivity index (χ1n) is 13.9. The maximum atomic E-state index is 13.6. The molecule has 8 heteroatoms. The molecule has 4 aromatic carbocycles. The van der Waals surface area contributed by atoms with Crippen LogP contribution in [0.3, 0.4) is 0 Å². The molecule has 5 nitrogen and oxygen atoms in total. The van der Waals surface area contributed by atoms with E-state index in [0.29, 0.717) is 29.1 Å². The van der Waals surface area contributed by atoms with Crippen LogP contribution in [0.25, 0.3) is 11.1 Å². The SMILES string of the molecule is Cl.O=S(=O)(Nc1cc2c(cc1OCc1ccccc1)CCN(C1CCC1)CC2)c1ccc(-c2ccc(Cl)cc2)cc1. The second-order valence-electron chi connectivity index (χ2n) is 10.6. The molecule has 0 unspecified atom stereocenters. The Bertz CT molecular complexity index is 1570. The van der Waals surface area contributed by atoms with Crippen molar-refractivity contribution in [2.75, 3.05) is 17.8 Å². The highest BCUT2D eigenvalue weighted by Crippen LogP contribution is 2.35. The van der Waals surface area contributed by atoms with E-state index in [1.807, 2.05) is 78.9 Å². The van der Waals surface area contributed by atoms with Gasteiger partial charge in [0, 0.05) is 24.2 Å². The van der Waals surface area contributed by atoms with Crippen LogP contribution in [-0.4, -0.2) is 32.4 Å². The fourth-order valence-electron chi connectivity index (χ4n) is 5.50. The number of nitrogens with one attached hydrogen (secondary N) is 1. The van der Waals surface area contributed by atoms with E-state index in [9.17, 15) is 8.42 Å². The van der Waals surface area contributed by atoms with Crippen LogP contribution in [0, 0.1) is 0 Å². The molecule has 41 heavy (non-hydrogen) atoms. The summed E-state index contributed by atoms with van der Waals surface area (Å²) in [5.74, 6) is 0.557. The topological polar surface area (TPSA) is 58.6 Å². The predicted molar refractivity (Wildman–Crippen MR) is 169 cm³/mol. The minimum Gasteiger partial charge on any atom is -0.487 e. The maximum Gasteiger partial charge on any atom is 0.262 e. The molecule has 0 amide bonds. The molecule has 0 spiro atoms. The summed E-state index contributed by atoms with van der Waals surface area (Å²) in [4.78, 5) is 2.80. The van der Waals surface area contributed by atoms with Crippen molar-refractivity contribution >= 4 is 39.7 Å². The lowest BCUT2D eigenvalue weighted by Crippen LogP contribution is -2.41. The minimum absolute atomic E-state index is 0. The Morgan fingerprint density at radius 1 is 0.829 bits per heavy atom. The van der Waals surface area contributed by atoms with Gasteiger partial charge in [-0.15, -0.1) is 12.4 Å². The first-order valence-corrected chi connectivity index (χ1v) is 15.8. The Kier molecular flexibility index (Phi) is 9.25. The van der Waals surface area contributed by atoms with Gasteiger partial charge in [-0.1, -0.05) is 72.6 Å². The van der Waals surface area contributed by atoms with Crippen LogP contribution < -0.4 is 9.46 Å². The van der Waals surface area contributed by atoms with Crippen molar-refractivity contribution in [2.24, 2.45) is 0 Å². The second kappa shape index (κ2) is 12.9. The lowest BCUT2D eigenvalue weighted by atomic mass is 9.91. The predicted octanol–water partition coefficient (Wildman–Crippen LogP) is 7.76. The van der Waals surface area contributed by atoms with E-state index >= 15 is 0 Å². The number of fused-ring (bicyclic) bond motifs is 1. The van der Waals surface area contributed by atoms with Crippen LogP contribution in [0.1, 0.15) is 36.0 Å². The molecule has 0 saturated heterocycles. The molecular formula is C33H34Cl2N2O3S. The zero-order valence-electron chi connectivity index (χ0n) is 22.8. The van der Waals surface area contributed by atoms with Gasteiger partial charge in [0.05, 0.1) is 10.6 Å². The molecule has 0 bridgehead atoms. The number of anilines is 1. The highest BCUT2D eigenvalue weighted by Gasteiger charge is 2.27. The molecule has 1 aliphatic carbocycles. The Labute approximate surface area is 254 Å². The number of hydrogen-bond acceptors (Lipinski definition) is 4. The number of sulfonamides is 1. The van der Waals surface area contributed by atoms with Gasteiger partial charge in [0.15, 0.2) is 0 Å². The first kappa shape index (κ1) is 29.5. The van der Waals surface area contributed by atoms with Crippen molar-refractivity contribution in [1.82, 2.24) is 4.90 Å². The molecule has 0 aromatic heterocycles. The van der Waals surface area contributed by atoms with Crippen LogP contribution in [0.15, 0.2) is 95.9 Å². The summed E-state index contributed by atoms with van der Waals surface area (Å²) in [6, 6.07) is 29.0. The van der Waals surface area contributed by atoms with E-state index in [1.54, 1.807) is 12.1 Å². The first-order chi connectivity index (χ1) is 19.4. The molecule has 1 saturated carbocycles. The van der Waals surface area contributed by atoms with E-state index in [-0.39, 0.29) is 17.3 Å². The smallest absolute Gasteiger partial charge is 0.262 e. The third-order valence-corrected chi connectivity index (χ3v) is 9.69. The normalized spacial score (nSPS) is 15.6. The fourth-order valence-corrected chi connectivity index (χ4v) is 6.68. The van der Waals surface area contributed by atoms with Crippen molar-refractivity contribution in [3.63, 3.8) is 0 Å². The van der Waals surface area contributed by atoms with Crippen LogP contribution in [0.2, 0.25) is 5.02 Å². The van der Waals surface area contributed by atoms with E-state index in [1.165, 1.54) is 30.4 Å². The number of halogens is 2. The largest absolute Gasteiger partial charge is 0.487 e. The summed E-state index contributed by atoms with van der Waals surface area (Å²) in [7, 11) is -3.84. The number of nitrogens with zero attached hydrogens (tertiary/aromatic N) is 1. The van der Waals surface area contributed by atoms with E-state index in [0.717, 1.165) is 42.6 Å². The summed E-state index contributed by atoms with van der Waals surface area (Å²) in [6.45, 7) is 2.39. The Morgan fingerprint density at radius 3 is 2.05 bits per heavy atom. The molecule has 1 N–H and O–H groups in total. The average molecular weight is 610 g/mol. The van der Waals surface area contributed by atoms with Crippen molar-refractivity contribution < 1.29 is 13.2 Å². The van der Waals surface area contributed by atoms with Crippen LogP contribution >= 0.6 is 24.0 Å². The molecule has 1 aliphatic heterocycles. The number of ether oxygens (including phenoxy) is 1. The molecule has 1 fully saturated rings. The molecular weight excluding hydrogens is 575 g/mol. The zero-order valence-corrected chi connectivity index (χ0v) is 25.1. The van der Waals surface area contributed by atoms with Gasteiger partial charge in [-0.2, -0.15) is 0 Å². The third kappa shape index (κ3) is 6.90. The summed E-state index contributed by atoms with van der Waals surface area (Å²) in [5.41, 5.74) is 5.82. The van der Waals surface area contributed by atoms with E-state index in [2.05, 4.69) is 9.62 Å². The lowest BCUT2D eigenvalue weighted by molar-refractivity contribution is 0.133. The molecule has 1 heterocycles. The summed E-state index contributed by atoms with van der Waals surface area (Å²) < 4.78 is 36.2. The summed E-state index contributed by atoms with van der Waals surface area (Å²) in [6.07, 6.45) is 5.72. The van der Waals surface area contributed by atoms with Gasteiger partial charge in [0.25, 0.3) is 10.0 Å². The van der Waals surface area contributed by atoms with Crippen LogP contribution in [0.5, 0.6) is 5.75 Å². The zero-order chi connectivity index (χ0) is 27.5. The molecule has 214 valence electrons. The Balaban J connectivity index is 0.00000337. The monoisotopic (exact) mass is 608 g/mol. The molecule has 0 atom stereocenters. The third-order valence-electron chi connectivity index (χ3n) is 8.05. The lowest BCUT2D eigenvalue weighted by Gasteiger charge is -2.36. The number of benzene rings is 4. The second-order valence-corrected chi connectivity index (χ2v) is 12.8. The van der Waals surface area contributed by atoms with Crippen molar-refractivity contribution in [3.8, 4) is 16.9 Å². The maximum absolute atomic E-state index is 13.6. The Morgan fingerprint density at radius 2 is 1.44 bits per heavy atom. The van der Waals surface area contributed by atoms with Gasteiger partial charge < -0.3 is 4.74 Å². The van der Waals surface area contributed by atoms with Crippen molar-refractivity contribution in [2.45, 2.75) is 49.6 Å². The molecule has 0 radical (unpaired) electrons. The quantitative estimate of drug-likeness (QED) is 0.222.